The molecule has 1 amide bonds. The van der Waals surface area contributed by atoms with Crippen LogP contribution in [0.25, 0.3) is 16.6 Å². The third-order valence-corrected chi connectivity index (χ3v) is 6.25. The van der Waals surface area contributed by atoms with E-state index in [0.29, 0.717) is 19.4 Å². The second-order valence-corrected chi connectivity index (χ2v) is 8.41. The van der Waals surface area contributed by atoms with Gasteiger partial charge in [0.2, 0.25) is 5.91 Å². The number of nitrogens with zero attached hydrogens (tertiary/aromatic N) is 5. The standard InChI is InChI=1S/C25H28N6O2/c1-17-20(18(2)31-25(28-17)21-5-3-4-6-22(21)29-31)8-10-24(32)27-16-19-7-9-23(26-15-19)30-11-13-33-14-12-30/h3-7,9,15H,8,10-14,16H2,1-2H3,(H,27,32). The summed E-state index contributed by atoms with van der Waals surface area (Å²) in [6.45, 7) is 7.70. The number of aryl methyl sites for hydroxylation is 2. The van der Waals surface area contributed by atoms with Gasteiger partial charge in [0.05, 0.1) is 18.7 Å². The van der Waals surface area contributed by atoms with Crippen molar-refractivity contribution >= 4 is 28.3 Å². The molecule has 170 valence electrons. The van der Waals surface area contributed by atoms with Gasteiger partial charge in [-0.2, -0.15) is 5.10 Å². The van der Waals surface area contributed by atoms with E-state index in [1.54, 1.807) is 0 Å². The van der Waals surface area contributed by atoms with Gasteiger partial charge in [-0.1, -0.05) is 18.2 Å². The van der Waals surface area contributed by atoms with Crippen molar-refractivity contribution in [1.29, 1.82) is 0 Å². The Bertz CT molecular complexity index is 1290. The maximum absolute atomic E-state index is 12.5. The Morgan fingerprint density at radius 3 is 2.73 bits per heavy atom. The molecule has 3 aromatic heterocycles. The Morgan fingerprint density at radius 1 is 1.12 bits per heavy atom. The van der Waals surface area contributed by atoms with E-state index in [1.807, 2.05) is 61.0 Å². The first-order chi connectivity index (χ1) is 16.1. The number of nitrogens with one attached hydrogen (secondary N) is 1. The van der Waals surface area contributed by atoms with Gasteiger partial charge in [-0.25, -0.2) is 14.5 Å². The molecular formula is C25H28N6O2. The number of carbonyl (C=O) groups excluding carboxylic acids is 1. The molecule has 0 saturated carbocycles. The van der Waals surface area contributed by atoms with Crippen LogP contribution in [0.1, 0.15) is 28.9 Å². The summed E-state index contributed by atoms with van der Waals surface area (Å²) in [5.74, 6) is 0.963. The first kappa shape index (κ1) is 21.3. The molecule has 4 aromatic rings. The molecule has 1 fully saturated rings. The summed E-state index contributed by atoms with van der Waals surface area (Å²) in [5, 5.41) is 8.75. The number of hydrogen-bond acceptors (Lipinski definition) is 6. The van der Waals surface area contributed by atoms with Gasteiger partial charge in [-0.05, 0) is 49.6 Å². The molecule has 0 unspecified atom stereocenters. The lowest BCUT2D eigenvalue weighted by Gasteiger charge is -2.27. The highest BCUT2D eigenvalue weighted by molar-refractivity contribution is 5.92. The van der Waals surface area contributed by atoms with Crippen LogP contribution in [0.2, 0.25) is 0 Å². The molecular weight excluding hydrogens is 416 g/mol. The molecule has 0 bridgehead atoms. The molecule has 0 atom stereocenters. The largest absolute Gasteiger partial charge is 0.378 e. The normalized spacial score (nSPS) is 14.2. The number of morpholine rings is 1. The molecule has 0 spiro atoms. The van der Waals surface area contributed by atoms with Crippen LogP contribution in [0, 0.1) is 13.8 Å². The lowest BCUT2D eigenvalue weighted by atomic mass is 10.1. The summed E-state index contributed by atoms with van der Waals surface area (Å²) in [6.07, 6.45) is 2.85. The highest BCUT2D eigenvalue weighted by Gasteiger charge is 2.15. The van der Waals surface area contributed by atoms with Crippen LogP contribution in [0.5, 0.6) is 0 Å². The van der Waals surface area contributed by atoms with E-state index in [-0.39, 0.29) is 5.91 Å². The maximum Gasteiger partial charge on any atom is 0.220 e. The zero-order valence-electron chi connectivity index (χ0n) is 19.0. The van der Waals surface area contributed by atoms with Crippen molar-refractivity contribution < 1.29 is 9.53 Å². The summed E-state index contributed by atoms with van der Waals surface area (Å²) in [5.41, 5.74) is 5.82. The summed E-state index contributed by atoms with van der Waals surface area (Å²) in [7, 11) is 0. The summed E-state index contributed by atoms with van der Waals surface area (Å²) in [6, 6.07) is 12.0. The molecule has 1 N–H and O–H groups in total. The third-order valence-electron chi connectivity index (χ3n) is 6.25. The Morgan fingerprint density at radius 2 is 1.94 bits per heavy atom. The van der Waals surface area contributed by atoms with E-state index in [4.69, 9.17) is 14.8 Å². The number of pyridine rings is 1. The maximum atomic E-state index is 12.5. The van der Waals surface area contributed by atoms with Gasteiger partial charge in [-0.15, -0.1) is 0 Å². The lowest BCUT2D eigenvalue weighted by molar-refractivity contribution is -0.121. The quantitative estimate of drug-likeness (QED) is 0.492. The fraction of sp³-hybridized carbons (Fsp3) is 0.360. The number of aromatic nitrogens is 4. The van der Waals surface area contributed by atoms with Crippen LogP contribution in [0.4, 0.5) is 5.82 Å². The molecule has 1 aromatic carbocycles. The van der Waals surface area contributed by atoms with Gasteiger partial charge < -0.3 is 15.0 Å². The Hall–Kier alpha value is -3.52. The third kappa shape index (κ3) is 4.39. The zero-order valence-corrected chi connectivity index (χ0v) is 19.0. The summed E-state index contributed by atoms with van der Waals surface area (Å²) >= 11 is 0. The second-order valence-electron chi connectivity index (χ2n) is 8.41. The van der Waals surface area contributed by atoms with Crippen LogP contribution in [0.3, 0.4) is 0 Å². The second kappa shape index (κ2) is 9.15. The topological polar surface area (TPSA) is 84.7 Å². The molecule has 33 heavy (non-hydrogen) atoms. The summed E-state index contributed by atoms with van der Waals surface area (Å²) in [4.78, 5) is 24.1. The van der Waals surface area contributed by atoms with Gasteiger partial charge >= 0.3 is 0 Å². The van der Waals surface area contributed by atoms with E-state index in [0.717, 1.165) is 71.2 Å². The molecule has 1 aliphatic heterocycles. The van der Waals surface area contributed by atoms with Crippen molar-refractivity contribution in [3.63, 3.8) is 0 Å². The molecule has 1 aliphatic rings. The predicted molar refractivity (Wildman–Crippen MR) is 127 cm³/mol. The minimum Gasteiger partial charge on any atom is -0.378 e. The van der Waals surface area contributed by atoms with Crippen molar-refractivity contribution in [2.75, 3.05) is 31.2 Å². The first-order valence-electron chi connectivity index (χ1n) is 11.4. The molecule has 0 radical (unpaired) electrons. The van der Waals surface area contributed by atoms with Crippen LogP contribution in [-0.2, 0) is 22.5 Å². The van der Waals surface area contributed by atoms with Crippen molar-refractivity contribution in [2.45, 2.75) is 33.2 Å². The summed E-state index contributed by atoms with van der Waals surface area (Å²) < 4.78 is 7.28. The van der Waals surface area contributed by atoms with E-state index in [1.165, 1.54) is 0 Å². The molecule has 5 rings (SSSR count). The Kier molecular flexibility index (Phi) is 5.92. The average molecular weight is 445 g/mol. The number of anilines is 1. The minimum absolute atomic E-state index is 0.0109. The number of benzene rings is 1. The monoisotopic (exact) mass is 444 g/mol. The fourth-order valence-electron chi connectivity index (χ4n) is 4.37. The van der Waals surface area contributed by atoms with E-state index in [2.05, 4.69) is 15.2 Å². The fourth-order valence-corrected chi connectivity index (χ4v) is 4.37. The van der Waals surface area contributed by atoms with E-state index < -0.39 is 0 Å². The zero-order chi connectivity index (χ0) is 22.8. The van der Waals surface area contributed by atoms with Crippen LogP contribution in [0.15, 0.2) is 42.6 Å². The molecule has 8 heteroatoms. The number of hydrogen-bond donors (Lipinski definition) is 1. The molecule has 0 aliphatic carbocycles. The highest BCUT2D eigenvalue weighted by Crippen LogP contribution is 2.23. The van der Waals surface area contributed by atoms with Gasteiger partial charge in [-0.3, -0.25) is 4.79 Å². The van der Waals surface area contributed by atoms with Gasteiger partial charge in [0, 0.05) is 49.0 Å². The van der Waals surface area contributed by atoms with E-state index >= 15 is 0 Å². The van der Waals surface area contributed by atoms with Crippen molar-refractivity contribution in [2.24, 2.45) is 0 Å². The van der Waals surface area contributed by atoms with Crippen LogP contribution >= 0.6 is 0 Å². The average Bonchev–Trinajstić information content (AvgIpc) is 3.22. The first-order valence-corrected chi connectivity index (χ1v) is 11.4. The predicted octanol–water partition coefficient (Wildman–Crippen LogP) is 2.98. The van der Waals surface area contributed by atoms with E-state index in [9.17, 15) is 4.79 Å². The molecule has 4 heterocycles. The molecule has 8 nitrogen and oxygen atoms in total. The lowest BCUT2D eigenvalue weighted by Crippen LogP contribution is -2.36. The number of fused-ring (bicyclic) bond motifs is 3. The SMILES string of the molecule is Cc1nc2c3ccccc3nn2c(C)c1CCC(=O)NCc1ccc(N2CCOCC2)nc1. The Labute approximate surface area is 192 Å². The smallest absolute Gasteiger partial charge is 0.220 e. The van der Waals surface area contributed by atoms with Gasteiger partial charge in [0.1, 0.15) is 5.82 Å². The van der Waals surface area contributed by atoms with Crippen molar-refractivity contribution in [3.05, 3.63) is 65.1 Å². The number of rotatable bonds is 6. The minimum atomic E-state index is 0.0109. The highest BCUT2D eigenvalue weighted by atomic mass is 16.5. The van der Waals surface area contributed by atoms with Crippen molar-refractivity contribution in [1.82, 2.24) is 24.9 Å². The van der Waals surface area contributed by atoms with Crippen LogP contribution < -0.4 is 10.2 Å². The van der Waals surface area contributed by atoms with Crippen LogP contribution in [-0.4, -0.2) is 51.8 Å². The van der Waals surface area contributed by atoms with Crippen molar-refractivity contribution in [3.8, 4) is 0 Å². The van der Waals surface area contributed by atoms with Gasteiger partial charge in [0.25, 0.3) is 0 Å². The Balaban J connectivity index is 1.21. The molecule has 1 saturated heterocycles. The number of carbonyl (C=O) groups is 1. The van der Waals surface area contributed by atoms with Gasteiger partial charge in [0.15, 0.2) is 5.65 Å². The number of amides is 1. The number of ether oxygens (including phenoxy) is 1.